The van der Waals surface area contributed by atoms with Crippen LogP contribution in [0, 0.1) is 19.3 Å². The summed E-state index contributed by atoms with van der Waals surface area (Å²) < 4.78 is 5.12. The van der Waals surface area contributed by atoms with Crippen molar-refractivity contribution in [3.8, 4) is 0 Å². The molecule has 0 saturated heterocycles. The molecule has 0 saturated carbocycles. The molecular formula is C27H40BrClN2O3S. The number of anilines is 1. The number of aryl methyl sites for hydroxylation is 2. The second-order valence-electron chi connectivity index (χ2n) is 10.2. The van der Waals surface area contributed by atoms with E-state index in [0.29, 0.717) is 6.61 Å². The second kappa shape index (κ2) is 13.8. The van der Waals surface area contributed by atoms with Gasteiger partial charge in [0.2, 0.25) is 11.8 Å². The van der Waals surface area contributed by atoms with E-state index in [1.807, 2.05) is 85.7 Å². The molecular weight excluding hydrogens is 548 g/mol. The van der Waals surface area contributed by atoms with Crippen molar-refractivity contribution in [3.05, 3.63) is 51.7 Å². The molecule has 5 nitrogen and oxygen atoms in total. The van der Waals surface area contributed by atoms with Gasteiger partial charge in [0.1, 0.15) is 5.88 Å². The largest absolute Gasteiger partial charge is 0.383 e. The lowest BCUT2D eigenvalue weighted by Gasteiger charge is -2.31. The molecule has 1 aromatic heterocycles. The second-order valence-corrected chi connectivity index (χ2v) is 12.5. The molecule has 0 aliphatic heterocycles. The van der Waals surface area contributed by atoms with Crippen LogP contribution in [-0.2, 0) is 19.9 Å². The van der Waals surface area contributed by atoms with Gasteiger partial charge in [-0.25, -0.2) is 0 Å². The molecule has 2 aromatic rings. The number of amides is 2. The summed E-state index contributed by atoms with van der Waals surface area (Å²) in [6.07, 6.45) is 0. The average molecular weight is 588 g/mol. The summed E-state index contributed by atoms with van der Waals surface area (Å²) >= 11 is 10.8. The molecule has 1 N–H and O–H groups in total. The van der Waals surface area contributed by atoms with Gasteiger partial charge in [0.25, 0.3) is 0 Å². The summed E-state index contributed by atoms with van der Waals surface area (Å²) in [4.78, 5) is 26.9. The van der Waals surface area contributed by atoms with Crippen molar-refractivity contribution in [2.45, 2.75) is 71.8 Å². The lowest BCUT2D eigenvalue weighted by atomic mass is 9.89. The van der Waals surface area contributed by atoms with Gasteiger partial charge in [-0.1, -0.05) is 67.0 Å². The average Bonchev–Trinajstić information content (AvgIpc) is 3.11. The van der Waals surface area contributed by atoms with Crippen LogP contribution in [0.15, 0.2) is 35.7 Å². The van der Waals surface area contributed by atoms with E-state index >= 15 is 0 Å². The fraction of sp³-hybridized carbons (Fsp3) is 0.556. The monoisotopic (exact) mass is 586 g/mol. The summed E-state index contributed by atoms with van der Waals surface area (Å²) in [5, 5.41) is 5.15. The minimum Gasteiger partial charge on any atom is -0.383 e. The maximum atomic E-state index is 12.2. The Morgan fingerprint density at radius 2 is 1.71 bits per heavy atom. The molecule has 1 heterocycles. The van der Waals surface area contributed by atoms with Crippen LogP contribution in [0.2, 0.25) is 0 Å². The first-order valence-corrected chi connectivity index (χ1v) is 13.9. The lowest BCUT2D eigenvalue weighted by molar-refractivity contribution is -0.123. The van der Waals surface area contributed by atoms with Crippen LogP contribution in [0.5, 0.6) is 0 Å². The SMILES string of the molecule is CC(C)(NC(=O)C(Br)C(C)(C)C)c1ccccc1.COCC(C)N(C(=O)CCl)c1c(C)csc1C. The number of carbonyl (C=O) groups excluding carboxylic acids is 2. The molecule has 35 heavy (non-hydrogen) atoms. The van der Waals surface area contributed by atoms with Crippen LogP contribution in [0.4, 0.5) is 5.69 Å². The predicted molar refractivity (Wildman–Crippen MR) is 153 cm³/mol. The van der Waals surface area contributed by atoms with Gasteiger partial charge < -0.3 is 15.0 Å². The number of hydrogen-bond donors (Lipinski definition) is 1. The molecule has 0 aliphatic rings. The summed E-state index contributed by atoms with van der Waals surface area (Å²) in [6.45, 7) is 16.6. The Kier molecular flexibility index (Phi) is 12.4. The minimum absolute atomic E-state index is 0.0111. The normalized spacial score (nSPS) is 13.3. The van der Waals surface area contributed by atoms with Crippen molar-refractivity contribution in [1.82, 2.24) is 5.32 Å². The number of thiophene rings is 1. The standard InChI is InChI=1S/C15H22BrNO.C12H18ClNO2S/c1-14(2,3)12(16)13(18)17-15(4,5)11-9-7-6-8-10-11;1-8-7-17-10(3)12(8)14(11(15)5-13)9(2)6-16-4/h6-10,12H,1-5H3,(H,17,18);7,9H,5-6H2,1-4H3. The van der Waals surface area contributed by atoms with Gasteiger partial charge in [0.15, 0.2) is 0 Å². The molecule has 2 amide bonds. The van der Waals surface area contributed by atoms with Gasteiger partial charge in [-0.3, -0.25) is 9.59 Å². The number of nitrogens with one attached hydrogen (secondary N) is 1. The van der Waals surface area contributed by atoms with E-state index in [9.17, 15) is 9.59 Å². The molecule has 8 heteroatoms. The Labute approximate surface area is 228 Å². The van der Waals surface area contributed by atoms with Crippen molar-refractivity contribution in [2.75, 3.05) is 24.5 Å². The van der Waals surface area contributed by atoms with E-state index in [1.54, 1.807) is 23.3 Å². The van der Waals surface area contributed by atoms with Crippen molar-refractivity contribution in [2.24, 2.45) is 5.41 Å². The first-order valence-electron chi connectivity index (χ1n) is 11.6. The Morgan fingerprint density at radius 1 is 1.14 bits per heavy atom. The maximum absolute atomic E-state index is 12.2. The predicted octanol–water partition coefficient (Wildman–Crippen LogP) is 6.82. The van der Waals surface area contributed by atoms with E-state index in [0.717, 1.165) is 21.7 Å². The molecule has 0 spiro atoms. The summed E-state index contributed by atoms with van der Waals surface area (Å²) in [5.74, 6) is -0.0693. The third-order valence-electron chi connectivity index (χ3n) is 5.51. The van der Waals surface area contributed by atoms with Gasteiger partial charge in [0.05, 0.1) is 28.7 Å². The Morgan fingerprint density at radius 3 is 2.14 bits per heavy atom. The molecule has 0 fully saturated rings. The highest BCUT2D eigenvalue weighted by molar-refractivity contribution is 9.10. The summed E-state index contributed by atoms with van der Waals surface area (Å²) in [7, 11) is 1.63. The van der Waals surface area contributed by atoms with Gasteiger partial charge in [0, 0.05) is 12.0 Å². The Balaban J connectivity index is 0.000000351. The Bertz CT molecular complexity index is 938. The molecule has 2 unspecified atom stereocenters. The zero-order chi connectivity index (χ0) is 27.0. The van der Waals surface area contributed by atoms with E-state index < -0.39 is 0 Å². The molecule has 196 valence electrons. The van der Waals surface area contributed by atoms with Crippen LogP contribution >= 0.6 is 38.9 Å². The van der Waals surface area contributed by atoms with Crippen LogP contribution < -0.4 is 10.2 Å². The number of methoxy groups -OCH3 is 1. The molecule has 0 bridgehead atoms. The van der Waals surface area contributed by atoms with Crippen LogP contribution in [0.3, 0.4) is 0 Å². The first kappa shape index (κ1) is 31.6. The topological polar surface area (TPSA) is 58.6 Å². The number of halogens is 2. The van der Waals surface area contributed by atoms with Crippen molar-refractivity contribution in [1.29, 1.82) is 0 Å². The zero-order valence-electron chi connectivity index (χ0n) is 22.4. The van der Waals surface area contributed by atoms with Gasteiger partial charge in [-0.2, -0.15) is 0 Å². The first-order chi connectivity index (χ1) is 16.2. The van der Waals surface area contributed by atoms with E-state index in [1.165, 1.54) is 0 Å². The molecule has 2 atom stereocenters. The number of ether oxygens (including phenoxy) is 1. The molecule has 0 aliphatic carbocycles. The maximum Gasteiger partial charge on any atom is 0.242 e. The van der Waals surface area contributed by atoms with E-state index in [4.69, 9.17) is 16.3 Å². The van der Waals surface area contributed by atoms with Gasteiger partial charge in [-0.05, 0) is 56.5 Å². The quantitative estimate of drug-likeness (QED) is 0.345. The number of alkyl halides is 2. The van der Waals surface area contributed by atoms with Crippen LogP contribution in [0.25, 0.3) is 0 Å². The summed E-state index contributed by atoms with van der Waals surface area (Å²) in [6, 6.07) is 9.99. The number of hydrogen-bond acceptors (Lipinski definition) is 4. The Hall–Kier alpha value is -1.41. The number of benzene rings is 1. The number of nitrogens with zero attached hydrogens (tertiary/aromatic N) is 1. The van der Waals surface area contributed by atoms with Crippen molar-refractivity contribution < 1.29 is 14.3 Å². The minimum atomic E-state index is -0.365. The smallest absolute Gasteiger partial charge is 0.242 e. The third kappa shape index (κ3) is 9.19. The fourth-order valence-corrected chi connectivity index (χ4v) is 4.67. The lowest BCUT2D eigenvalue weighted by Crippen LogP contribution is -2.47. The molecule has 1 aromatic carbocycles. The van der Waals surface area contributed by atoms with Crippen molar-refractivity contribution >= 4 is 56.4 Å². The fourth-order valence-electron chi connectivity index (χ4n) is 3.59. The third-order valence-corrected chi connectivity index (χ3v) is 8.55. The summed E-state index contributed by atoms with van der Waals surface area (Å²) in [5.41, 5.74) is 2.72. The number of carbonyl (C=O) groups is 2. The van der Waals surface area contributed by atoms with Crippen molar-refractivity contribution in [3.63, 3.8) is 0 Å². The highest BCUT2D eigenvalue weighted by atomic mass is 79.9. The van der Waals surface area contributed by atoms with Gasteiger partial charge >= 0.3 is 0 Å². The zero-order valence-corrected chi connectivity index (χ0v) is 25.5. The number of rotatable bonds is 8. The molecule has 0 radical (unpaired) electrons. The van der Waals surface area contributed by atoms with Crippen LogP contribution in [-0.4, -0.2) is 42.3 Å². The molecule has 2 rings (SSSR count). The van der Waals surface area contributed by atoms with Gasteiger partial charge in [-0.15, -0.1) is 22.9 Å². The highest BCUT2D eigenvalue weighted by Crippen LogP contribution is 2.32. The highest BCUT2D eigenvalue weighted by Gasteiger charge is 2.32. The van der Waals surface area contributed by atoms with E-state index in [2.05, 4.69) is 26.6 Å². The van der Waals surface area contributed by atoms with Crippen LogP contribution in [0.1, 0.15) is 57.5 Å². The van der Waals surface area contributed by atoms with E-state index in [-0.39, 0.29) is 39.5 Å².